The SMILES string of the molecule is CNC(=O)[C@H]1C[C@H](Oc2ccccc2)CN1C(=O)CCc1c[nH]c2ccccc12. The number of aromatic nitrogens is 1. The number of carbonyl (C=O) groups is 2. The molecule has 2 amide bonds. The minimum atomic E-state index is -0.496. The van der Waals surface area contributed by atoms with Crippen LogP contribution in [0.1, 0.15) is 18.4 Å². The highest BCUT2D eigenvalue weighted by Gasteiger charge is 2.40. The van der Waals surface area contributed by atoms with Crippen LogP contribution in [0.4, 0.5) is 0 Å². The quantitative estimate of drug-likeness (QED) is 0.679. The van der Waals surface area contributed by atoms with E-state index in [4.69, 9.17) is 4.74 Å². The lowest BCUT2D eigenvalue weighted by molar-refractivity contribution is -0.138. The van der Waals surface area contributed by atoms with Crippen molar-refractivity contribution in [3.05, 3.63) is 66.4 Å². The number of fused-ring (bicyclic) bond motifs is 1. The average Bonchev–Trinajstić information content (AvgIpc) is 3.36. The first kappa shape index (κ1) is 19.1. The number of hydrogen-bond donors (Lipinski definition) is 2. The van der Waals surface area contributed by atoms with Crippen LogP contribution in [0.15, 0.2) is 60.8 Å². The Morgan fingerprint density at radius 2 is 1.90 bits per heavy atom. The number of nitrogens with one attached hydrogen (secondary N) is 2. The van der Waals surface area contributed by atoms with E-state index < -0.39 is 6.04 Å². The molecular weight excluding hydrogens is 366 g/mol. The lowest BCUT2D eigenvalue weighted by Gasteiger charge is -2.23. The van der Waals surface area contributed by atoms with E-state index in [1.165, 1.54) is 0 Å². The number of para-hydroxylation sites is 2. The molecule has 0 radical (unpaired) electrons. The number of hydrogen-bond acceptors (Lipinski definition) is 3. The van der Waals surface area contributed by atoms with Gasteiger partial charge in [0.15, 0.2) is 0 Å². The van der Waals surface area contributed by atoms with Gasteiger partial charge in [0.05, 0.1) is 6.54 Å². The lowest BCUT2D eigenvalue weighted by Crippen LogP contribution is -2.45. The van der Waals surface area contributed by atoms with Crippen LogP contribution < -0.4 is 10.1 Å². The molecule has 29 heavy (non-hydrogen) atoms. The van der Waals surface area contributed by atoms with Gasteiger partial charge in [0, 0.05) is 37.0 Å². The average molecular weight is 391 g/mol. The fraction of sp³-hybridized carbons (Fsp3) is 0.304. The van der Waals surface area contributed by atoms with E-state index in [1.54, 1.807) is 11.9 Å². The van der Waals surface area contributed by atoms with Crippen molar-refractivity contribution >= 4 is 22.7 Å². The molecule has 2 atom stereocenters. The largest absolute Gasteiger partial charge is 0.488 e. The Balaban J connectivity index is 1.44. The predicted octanol–water partition coefficient (Wildman–Crippen LogP) is 2.89. The topological polar surface area (TPSA) is 74.4 Å². The number of carbonyl (C=O) groups excluding carboxylic acids is 2. The van der Waals surface area contributed by atoms with Crippen LogP contribution in [0.25, 0.3) is 10.9 Å². The first-order chi connectivity index (χ1) is 14.2. The molecule has 1 saturated heterocycles. The van der Waals surface area contributed by atoms with Crippen LogP contribution in [0.5, 0.6) is 5.75 Å². The third-order valence-corrected chi connectivity index (χ3v) is 5.46. The number of likely N-dealkylation sites (tertiary alicyclic amines) is 1. The smallest absolute Gasteiger partial charge is 0.242 e. The molecule has 0 unspecified atom stereocenters. The molecule has 0 aliphatic carbocycles. The van der Waals surface area contributed by atoms with Gasteiger partial charge in [0.1, 0.15) is 17.9 Å². The molecule has 2 N–H and O–H groups in total. The highest BCUT2D eigenvalue weighted by Crippen LogP contribution is 2.25. The van der Waals surface area contributed by atoms with Crippen molar-refractivity contribution < 1.29 is 14.3 Å². The highest BCUT2D eigenvalue weighted by atomic mass is 16.5. The van der Waals surface area contributed by atoms with Crippen molar-refractivity contribution in [1.29, 1.82) is 0 Å². The van der Waals surface area contributed by atoms with Crippen molar-refractivity contribution in [1.82, 2.24) is 15.2 Å². The van der Waals surface area contributed by atoms with Crippen molar-refractivity contribution in [2.24, 2.45) is 0 Å². The Bertz CT molecular complexity index is 999. The van der Waals surface area contributed by atoms with E-state index in [9.17, 15) is 9.59 Å². The summed E-state index contributed by atoms with van der Waals surface area (Å²) in [4.78, 5) is 30.3. The van der Waals surface area contributed by atoms with Crippen LogP contribution in [-0.4, -0.2) is 47.4 Å². The Morgan fingerprint density at radius 3 is 2.69 bits per heavy atom. The molecule has 2 aromatic carbocycles. The number of H-pyrrole nitrogens is 1. The van der Waals surface area contributed by atoms with E-state index in [0.717, 1.165) is 22.2 Å². The van der Waals surface area contributed by atoms with E-state index in [1.807, 2.05) is 54.7 Å². The van der Waals surface area contributed by atoms with E-state index >= 15 is 0 Å². The molecule has 1 aliphatic heterocycles. The summed E-state index contributed by atoms with van der Waals surface area (Å²) in [5, 5.41) is 3.81. The second kappa shape index (κ2) is 8.39. The molecule has 4 rings (SSSR count). The van der Waals surface area contributed by atoms with Gasteiger partial charge in [-0.2, -0.15) is 0 Å². The maximum absolute atomic E-state index is 13.0. The fourth-order valence-corrected chi connectivity index (χ4v) is 3.99. The minimum Gasteiger partial charge on any atom is -0.488 e. The Morgan fingerprint density at radius 1 is 1.14 bits per heavy atom. The number of ether oxygens (including phenoxy) is 1. The molecular formula is C23H25N3O3. The highest BCUT2D eigenvalue weighted by molar-refractivity contribution is 5.89. The number of benzene rings is 2. The summed E-state index contributed by atoms with van der Waals surface area (Å²) < 4.78 is 6.01. The molecule has 6 nitrogen and oxygen atoms in total. The molecule has 0 spiro atoms. The van der Waals surface area contributed by atoms with E-state index in [2.05, 4.69) is 16.4 Å². The second-order valence-electron chi connectivity index (χ2n) is 7.32. The summed E-state index contributed by atoms with van der Waals surface area (Å²) in [5.41, 5.74) is 2.18. The van der Waals surface area contributed by atoms with Crippen LogP contribution in [0.3, 0.4) is 0 Å². The molecule has 1 aromatic heterocycles. The number of nitrogens with zero attached hydrogens (tertiary/aromatic N) is 1. The monoisotopic (exact) mass is 391 g/mol. The normalized spacial score (nSPS) is 18.7. The van der Waals surface area contributed by atoms with Gasteiger partial charge in [-0.1, -0.05) is 36.4 Å². The van der Waals surface area contributed by atoms with Crippen LogP contribution >= 0.6 is 0 Å². The fourth-order valence-electron chi connectivity index (χ4n) is 3.99. The third-order valence-electron chi connectivity index (χ3n) is 5.46. The van der Waals surface area contributed by atoms with Crippen molar-refractivity contribution in [3.63, 3.8) is 0 Å². The van der Waals surface area contributed by atoms with Crippen molar-refractivity contribution in [2.75, 3.05) is 13.6 Å². The molecule has 1 fully saturated rings. The molecule has 0 saturated carbocycles. The molecule has 2 heterocycles. The van der Waals surface area contributed by atoms with Crippen LogP contribution in [-0.2, 0) is 16.0 Å². The summed E-state index contributed by atoms with van der Waals surface area (Å²) in [6.07, 6.45) is 3.24. The van der Waals surface area contributed by atoms with Gasteiger partial charge in [0.2, 0.25) is 11.8 Å². The lowest BCUT2D eigenvalue weighted by atomic mass is 10.1. The molecule has 150 valence electrons. The number of aromatic amines is 1. The maximum atomic E-state index is 13.0. The Hall–Kier alpha value is -3.28. The number of amides is 2. The second-order valence-corrected chi connectivity index (χ2v) is 7.32. The first-order valence-electron chi connectivity index (χ1n) is 9.93. The molecule has 3 aromatic rings. The summed E-state index contributed by atoms with van der Waals surface area (Å²) in [6, 6.07) is 17.1. The number of rotatable bonds is 6. The Kier molecular flexibility index (Phi) is 5.51. The summed E-state index contributed by atoms with van der Waals surface area (Å²) in [6.45, 7) is 0.416. The number of likely N-dealkylation sites (N-methyl/N-ethyl adjacent to an activating group) is 1. The predicted molar refractivity (Wildman–Crippen MR) is 112 cm³/mol. The zero-order valence-corrected chi connectivity index (χ0v) is 16.4. The first-order valence-corrected chi connectivity index (χ1v) is 9.93. The van der Waals surface area contributed by atoms with Gasteiger partial charge < -0.3 is 19.9 Å². The van der Waals surface area contributed by atoms with Gasteiger partial charge in [0.25, 0.3) is 0 Å². The molecule has 0 bridgehead atoms. The van der Waals surface area contributed by atoms with Gasteiger partial charge in [-0.3, -0.25) is 9.59 Å². The zero-order valence-electron chi connectivity index (χ0n) is 16.4. The molecule has 1 aliphatic rings. The minimum absolute atomic E-state index is 0.0250. The number of aryl methyl sites for hydroxylation is 1. The van der Waals surface area contributed by atoms with Gasteiger partial charge in [-0.05, 0) is 30.2 Å². The van der Waals surface area contributed by atoms with Crippen molar-refractivity contribution in [3.8, 4) is 5.75 Å². The van der Waals surface area contributed by atoms with Gasteiger partial charge >= 0.3 is 0 Å². The Labute approximate surface area is 169 Å². The third kappa shape index (κ3) is 4.11. The van der Waals surface area contributed by atoms with Gasteiger partial charge in [-0.25, -0.2) is 0 Å². The van der Waals surface area contributed by atoms with Gasteiger partial charge in [-0.15, -0.1) is 0 Å². The standard InChI is InChI=1S/C23H25N3O3/c1-24-23(28)21-13-18(29-17-7-3-2-4-8-17)15-26(21)22(27)12-11-16-14-25-20-10-6-5-9-19(16)20/h2-10,14,18,21,25H,11-13,15H2,1H3,(H,24,28)/t18-,21+/m0/s1. The summed E-state index contributed by atoms with van der Waals surface area (Å²) >= 11 is 0. The van der Waals surface area contributed by atoms with Crippen molar-refractivity contribution in [2.45, 2.75) is 31.4 Å². The van der Waals surface area contributed by atoms with Crippen LogP contribution in [0, 0.1) is 0 Å². The maximum Gasteiger partial charge on any atom is 0.242 e. The van der Waals surface area contributed by atoms with Crippen LogP contribution in [0.2, 0.25) is 0 Å². The zero-order chi connectivity index (χ0) is 20.2. The summed E-state index contributed by atoms with van der Waals surface area (Å²) in [5.74, 6) is 0.578. The van der Waals surface area contributed by atoms with E-state index in [0.29, 0.717) is 25.8 Å². The van der Waals surface area contributed by atoms with E-state index in [-0.39, 0.29) is 17.9 Å². The summed E-state index contributed by atoms with van der Waals surface area (Å²) in [7, 11) is 1.60. The molecule has 6 heteroatoms.